The molecular weight excluding hydrogens is 262 g/mol. The van der Waals surface area contributed by atoms with Crippen LogP contribution in [0.15, 0.2) is 0 Å². The first-order chi connectivity index (χ1) is 9.43. The van der Waals surface area contributed by atoms with Gasteiger partial charge in [-0.2, -0.15) is 0 Å². The van der Waals surface area contributed by atoms with Crippen molar-refractivity contribution in [2.45, 2.75) is 32.9 Å². The van der Waals surface area contributed by atoms with Crippen LogP contribution in [0.5, 0.6) is 0 Å². The average molecular weight is 287 g/mol. The predicted octanol–water partition coefficient (Wildman–Crippen LogP) is 0.116. The Hall–Kier alpha value is -1.34. The zero-order valence-corrected chi connectivity index (χ0v) is 12.4. The highest BCUT2D eigenvalue weighted by atomic mass is 16.5. The van der Waals surface area contributed by atoms with Gasteiger partial charge in [0, 0.05) is 19.6 Å². The molecule has 1 aliphatic rings. The summed E-state index contributed by atoms with van der Waals surface area (Å²) >= 11 is 0. The minimum atomic E-state index is -1.03. The third-order valence-electron chi connectivity index (χ3n) is 3.38. The van der Waals surface area contributed by atoms with Crippen LogP contribution in [0.4, 0.5) is 4.79 Å². The van der Waals surface area contributed by atoms with Gasteiger partial charge in [-0.05, 0) is 12.5 Å². The van der Waals surface area contributed by atoms with E-state index >= 15 is 0 Å². The number of morpholine rings is 1. The van der Waals surface area contributed by atoms with Gasteiger partial charge in [0.05, 0.1) is 12.7 Å². The highest BCUT2D eigenvalue weighted by molar-refractivity contribution is 5.82. The SMILES string of the molecule is CCN1CCOC(CNC(=O)N[C@@H](C(=O)O)C(C)C)C1. The van der Waals surface area contributed by atoms with E-state index in [-0.39, 0.29) is 12.0 Å². The molecule has 0 spiro atoms. The van der Waals surface area contributed by atoms with E-state index in [0.29, 0.717) is 13.2 Å². The Kier molecular flexibility index (Phi) is 6.74. The zero-order valence-electron chi connectivity index (χ0n) is 12.4. The van der Waals surface area contributed by atoms with Gasteiger partial charge in [0.15, 0.2) is 0 Å². The summed E-state index contributed by atoms with van der Waals surface area (Å²) in [6.07, 6.45) is -0.0446. The molecule has 3 N–H and O–H groups in total. The van der Waals surface area contributed by atoms with E-state index in [1.165, 1.54) is 0 Å². The zero-order chi connectivity index (χ0) is 15.1. The molecule has 7 heteroatoms. The number of likely N-dealkylation sites (N-methyl/N-ethyl adjacent to an activating group) is 1. The number of carbonyl (C=O) groups excluding carboxylic acids is 1. The Morgan fingerprint density at radius 2 is 2.15 bits per heavy atom. The fourth-order valence-corrected chi connectivity index (χ4v) is 2.10. The first-order valence-electron chi connectivity index (χ1n) is 7.05. The van der Waals surface area contributed by atoms with Crippen LogP contribution in [0, 0.1) is 5.92 Å². The minimum absolute atomic E-state index is 0.0446. The molecule has 1 rings (SSSR count). The van der Waals surface area contributed by atoms with Crippen LogP contribution in [0.25, 0.3) is 0 Å². The second kappa shape index (κ2) is 8.06. The summed E-state index contributed by atoms with van der Waals surface area (Å²) in [5, 5.41) is 14.1. The van der Waals surface area contributed by atoms with Gasteiger partial charge in [-0.1, -0.05) is 20.8 Å². The van der Waals surface area contributed by atoms with Crippen molar-refractivity contribution in [1.82, 2.24) is 15.5 Å². The quantitative estimate of drug-likeness (QED) is 0.645. The lowest BCUT2D eigenvalue weighted by Gasteiger charge is -2.32. The van der Waals surface area contributed by atoms with Gasteiger partial charge < -0.3 is 20.5 Å². The van der Waals surface area contributed by atoms with Gasteiger partial charge in [-0.3, -0.25) is 4.90 Å². The van der Waals surface area contributed by atoms with Gasteiger partial charge >= 0.3 is 12.0 Å². The summed E-state index contributed by atoms with van der Waals surface area (Å²) in [6.45, 7) is 9.28. The summed E-state index contributed by atoms with van der Waals surface area (Å²) in [6, 6.07) is -1.35. The molecule has 0 radical (unpaired) electrons. The minimum Gasteiger partial charge on any atom is -0.480 e. The fraction of sp³-hybridized carbons (Fsp3) is 0.846. The van der Waals surface area contributed by atoms with Crippen molar-refractivity contribution < 1.29 is 19.4 Å². The second-order valence-electron chi connectivity index (χ2n) is 5.30. The third-order valence-corrected chi connectivity index (χ3v) is 3.38. The van der Waals surface area contributed by atoms with E-state index in [4.69, 9.17) is 9.84 Å². The molecule has 1 heterocycles. The van der Waals surface area contributed by atoms with Crippen LogP contribution in [0.3, 0.4) is 0 Å². The number of carboxylic acids is 1. The Balaban J connectivity index is 2.33. The summed E-state index contributed by atoms with van der Waals surface area (Å²) in [5.41, 5.74) is 0. The number of ether oxygens (including phenoxy) is 1. The molecule has 1 saturated heterocycles. The molecular formula is C13H25N3O4. The molecule has 1 unspecified atom stereocenters. The highest BCUT2D eigenvalue weighted by Crippen LogP contribution is 2.04. The molecule has 0 bridgehead atoms. The fourth-order valence-electron chi connectivity index (χ4n) is 2.10. The lowest BCUT2D eigenvalue weighted by atomic mass is 10.1. The standard InChI is InChI=1S/C13H25N3O4/c1-4-16-5-6-20-10(8-16)7-14-13(19)15-11(9(2)3)12(17)18/h9-11H,4-8H2,1-3H3,(H,17,18)(H2,14,15,19)/t10?,11-/m1/s1. The van der Waals surface area contributed by atoms with E-state index in [0.717, 1.165) is 19.6 Å². The van der Waals surface area contributed by atoms with Crippen molar-refractivity contribution >= 4 is 12.0 Å². The molecule has 0 aromatic rings. The Morgan fingerprint density at radius 3 is 2.70 bits per heavy atom. The number of urea groups is 1. The molecule has 7 nitrogen and oxygen atoms in total. The maximum absolute atomic E-state index is 11.7. The number of carbonyl (C=O) groups is 2. The lowest BCUT2D eigenvalue weighted by molar-refractivity contribution is -0.140. The van der Waals surface area contributed by atoms with Crippen molar-refractivity contribution in [3.05, 3.63) is 0 Å². The van der Waals surface area contributed by atoms with Crippen molar-refractivity contribution in [2.75, 3.05) is 32.8 Å². The molecule has 1 aliphatic heterocycles. The predicted molar refractivity (Wildman–Crippen MR) is 74.7 cm³/mol. The number of rotatable bonds is 6. The Labute approximate surface area is 119 Å². The van der Waals surface area contributed by atoms with Gasteiger partial charge in [-0.25, -0.2) is 9.59 Å². The largest absolute Gasteiger partial charge is 0.480 e. The van der Waals surface area contributed by atoms with Gasteiger partial charge in [0.25, 0.3) is 0 Å². The van der Waals surface area contributed by atoms with Gasteiger partial charge in [0.2, 0.25) is 0 Å². The first kappa shape index (κ1) is 16.7. The molecule has 0 saturated carbocycles. The highest BCUT2D eigenvalue weighted by Gasteiger charge is 2.24. The van der Waals surface area contributed by atoms with E-state index in [1.807, 2.05) is 0 Å². The van der Waals surface area contributed by atoms with Gasteiger partial charge in [-0.15, -0.1) is 0 Å². The number of nitrogens with one attached hydrogen (secondary N) is 2. The Morgan fingerprint density at radius 1 is 1.45 bits per heavy atom. The van der Waals surface area contributed by atoms with Crippen LogP contribution in [-0.2, 0) is 9.53 Å². The van der Waals surface area contributed by atoms with E-state index in [9.17, 15) is 9.59 Å². The summed E-state index contributed by atoms with van der Waals surface area (Å²) in [5.74, 6) is -1.19. The second-order valence-corrected chi connectivity index (χ2v) is 5.30. The molecule has 1 fully saturated rings. The molecule has 2 amide bonds. The molecule has 116 valence electrons. The monoisotopic (exact) mass is 287 g/mol. The van der Waals surface area contributed by atoms with Crippen LogP contribution in [0.2, 0.25) is 0 Å². The summed E-state index contributed by atoms with van der Waals surface area (Å²) in [4.78, 5) is 24.9. The van der Waals surface area contributed by atoms with E-state index in [1.54, 1.807) is 13.8 Å². The van der Waals surface area contributed by atoms with Crippen molar-refractivity contribution in [3.8, 4) is 0 Å². The van der Waals surface area contributed by atoms with Crippen LogP contribution < -0.4 is 10.6 Å². The van der Waals surface area contributed by atoms with Crippen molar-refractivity contribution in [1.29, 1.82) is 0 Å². The maximum Gasteiger partial charge on any atom is 0.326 e. The van der Waals surface area contributed by atoms with Crippen LogP contribution >= 0.6 is 0 Å². The van der Waals surface area contributed by atoms with Crippen LogP contribution in [0.1, 0.15) is 20.8 Å². The van der Waals surface area contributed by atoms with Crippen molar-refractivity contribution in [2.24, 2.45) is 5.92 Å². The topological polar surface area (TPSA) is 90.9 Å². The van der Waals surface area contributed by atoms with Crippen molar-refractivity contribution in [3.63, 3.8) is 0 Å². The molecule has 2 atom stereocenters. The number of aliphatic carboxylic acids is 1. The number of amides is 2. The first-order valence-corrected chi connectivity index (χ1v) is 7.05. The molecule has 0 aromatic heterocycles. The van der Waals surface area contributed by atoms with E-state index < -0.39 is 18.0 Å². The number of hydrogen-bond donors (Lipinski definition) is 3. The smallest absolute Gasteiger partial charge is 0.326 e. The number of hydrogen-bond acceptors (Lipinski definition) is 4. The molecule has 0 aromatic carbocycles. The molecule has 0 aliphatic carbocycles. The maximum atomic E-state index is 11.7. The average Bonchev–Trinajstić information content (AvgIpc) is 2.42. The Bertz CT molecular complexity index is 336. The van der Waals surface area contributed by atoms with Gasteiger partial charge in [0.1, 0.15) is 6.04 Å². The molecule has 20 heavy (non-hydrogen) atoms. The summed E-state index contributed by atoms with van der Waals surface area (Å²) in [7, 11) is 0. The van der Waals surface area contributed by atoms with Crippen LogP contribution in [-0.4, -0.2) is 66.9 Å². The van der Waals surface area contributed by atoms with E-state index in [2.05, 4.69) is 22.5 Å². The number of nitrogens with zero attached hydrogens (tertiary/aromatic N) is 1. The lowest BCUT2D eigenvalue weighted by Crippen LogP contribution is -2.52. The number of carboxylic acid groups (broad SMARTS) is 1. The summed E-state index contributed by atoms with van der Waals surface area (Å²) < 4.78 is 5.56. The normalized spacial score (nSPS) is 21.5. The third kappa shape index (κ3) is 5.34.